The Bertz CT molecular complexity index is 387. The van der Waals surface area contributed by atoms with Crippen LogP contribution in [0.25, 0.3) is 0 Å². The van der Waals surface area contributed by atoms with E-state index in [1.807, 2.05) is 24.5 Å². The topological polar surface area (TPSA) is 47.6 Å². The summed E-state index contributed by atoms with van der Waals surface area (Å²) in [5.74, 6) is 0. The van der Waals surface area contributed by atoms with Gasteiger partial charge in [-0.2, -0.15) is 22.3 Å². The molecule has 0 aromatic heterocycles. The van der Waals surface area contributed by atoms with Gasteiger partial charge in [-0.25, -0.2) is 0 Å². The Morgan fingerprint density at radius 2 is 2.21 bits per heavy atom. The van der Waals surface area contributed by atoms with E-state index in [1.165, 1.54) is 0 Å². The summed E-state index contributed by atoms with van der Waals surface area (Å²) >= 11 is 1.63. The first kappa shape index (κ1) is 10.6. The molecular weight excluding hydrogens is 192 g/mol. The molecule has 1 rings (SSSR count). The zero-order valence-corrected chi connectivity index (χ0v) is 8.71. The van der Waals surface area contributed by atoms with Crippen molar-refractivity contribution >= 4 is 11.8 Å². The minimum absolute atomic E-state index is 0.174. The first-order valence-corrected chi connectivity index (χ1v) is 5.50. The second-order valence-electron chi connectivity index (χ2n) is 2.82. The summed E-state index contributed by atoms with van der Waals surface area (Å²) < 4.78 is 0. The number of benzene rings is 1. The van der Waals surface area contributed by atoms with E-state index in [9.17, 15) is 0 Å². The number of hydrogen-bond donors (Lipinski definition) is 0. The van der Waals surface area contributed by atoms with E-state index in [0.29, 0.717) is 12.0 Å². The molecule has 0 aliphatic heterocycles. The van der Waals surface area contributed by atoms with Crippen molar-refractivity contribution in [1.29, 1.82) is 10.5 Å². The molecule has 0 aliphatic rings. The van der Waals surface area contributed by atoms with Crippen LogP contribution in [0.1, 0.15) is 22.8 Å². The fourth-order valence-electron chi connectivity index (χ4n) is 1.23. The highest BCUT2D eigenvalue weighted by molar-refractivity contribution is 7.98. The van der Waals surface area contributed by atoms with Gasteiger partial charge in [-0.15, -0.1) is 0 Å². The van der Waals surface area contributed by atoms with Crippen LogP contribution in [0.2, 0.25) is 0 Å². The molecule has 0 spiro atoms. The summed E-state index contributed by atoms with van der Waals surface area (Å²) in [7, 11) is 0. The second kappa shape index (κ2) is 5.32. The molecule has 0 aliphatic carbocycles. The van der Waals surface area contributed by atoms with Crippen LogP contribution in [0.3, 0.4) is 0 Å². The maximum atomic E-state index is 8.72. The van der Waals surface area contributed by atoms with Gasteiger partial charge in [0.15, 0.2) is 0 Å². The van der Waals surface area contributed by atoms with Crippen LogP contribution in [-0.4, -0.2) is 6.26 Å². The first-order valence-electron chi connectivity index (χ1n) is 4.21. The Kier molecular flexibility index (Phi) is 4.04. The van der Waals surface area contributed by atoms with Crippen molar-refractivity contribution in [2.24, 2.45) is 0 Å². The minimum Gasteiger partial charge on any atom is -0.198 e. The molecule has 2 nitrogen and oxygen atoms in total. The van der Waals surface area contributed by atoms with Crippen LogP contribution in [0.5, 0.6) is 0 Å². The average Bonchev–Trinajstić information content (AvgIpc) is 2.26. The lowest BCUT2D eigenvalue weighted by Gasteiger charge is -2.10. The molecule has 0 radical (unpaired) electrons. The van der Waals surface area contributed by atoms with Crippen molar-refractivity contribution in [3.63, 3.8) is 0 Å². The van der Waals surface area contributed by atoms with Gasteiger partial charge in [0.05, 0.1) is 24.1 Å². The average molecular weight is 202 g/mol. The molecule has 1 unspecified atom stereocenters. The molecule has 1 aromatic rings. The lowest BCUT2D eigenvalue weighted by atomic mass is 10.1. The van der Waals surface area contributed by atoms with Gasteiger partial charge in [-0.3, -0.25) is 0 Å². The molecule has 3 heteroatoms. The summed E-state index contributed by atoms with van der Waals surface area (Å²) in [5, 5.41) is 17.5. The van der Waals surface area contributed by atoms with Gasteiger partial charge < -0.3 is 0 Å². The van der Waals surface area contributed by atoms with Gasteiger partial charge in [-0.1, -0.05) is 12.1 Å². The molecule has 1 aromatic carbocycles. The summed E-state index contributed by atoms with van der Waals surface area (Å²) in [6.45, 7) is 0. The molecule has 0 heterocycles. The predicted molar refractivity (Wildman–Crippen MR) is 57.6 cm³/mol. The van der Waals surface area contributed by atoms with E-state index >= 15 is 0 Å². The van der Waals surface area contributed by atoms with Crippen LogP contribution in [-0.2, 0) is 0 Å². The van der Waals surface area contributed by atoms with Crippen molar-refractivity contribution in [3.05, 3.63) is 35.4 Å². The van der Waals surface area contributed by atoms with Gasteiger partial charge in [0, 0.05) is 5.25 Å². The van der Waals surface area contributed by atoms with E-state index < -0.39 is 0 Å². The Hall–Kier alpha value is -1.45. The summed E-state index contributed by atoms with van der Waals surface area (Å²) in [6, 6.07) is 11.7. The number of thioether (sulfide) groups is 1. The normalized spacial score (nSPS) is 11.4. The van der Waals surface area contributed by atoms with E-state index in [2.05, 4.69) is 12.1 Å². The monoisotopic (exact) mass is 202 g/mol. The molecule has 1 atom stereocenters. The fraction of sp³-hybridized carbons (Fsp3) is 0.273. The van der Waals surface area contributed by atoms with Crippen molar-refractivity contribution < 1.29 is 0 Å². The Morgan fingerprint density at radius 3 is 2.79 bits per heavy atom. The van der Waals surface area contributed by atoms with E-state index in [0.717, 1.165) is 5.56 Å². The van der Waals surface area contributed by atoms with Gasteiger partial charge in [0.1, 0.15) is 0 Å². The third-order valence-electron chi connectivity index (χ3n) is 1.95. The van der Waals surface area contributed by atoms with E-state index in [4.69, 9.17) is 10.5 Å². The van der Waals surface area contributed by atoms with Crippen molar-refractivity contribution in [1.82, 2.24) is 0 Å². The zero-order chi connectivity index (χ0) is 10.4. The molecule has 70 valence electrons. The lowest BCUT2D eigenvalue weighted by molar-refractivity contribution is 0.981. The number of hydrogen-bond acceptors (Lipinski definition) is 3. The van der Waals surface area contributed by atoms with Crippen molar-refractivity contribution in [2.75, 3.05) is 6.26 Å². The summed E-state index contributed by atoms with van der Waals surface area (Å²) in [5.41, 5.74) is 1.71. The molecule has 0 bridgehead atoms. The third kappa shape index (κ3) is 2.52. The quantitative estimate of drug-likeness (QED) is 0.757. The zero-order valence-electron chi connectivity index (χ0n) is 7.90. The van der Waals surface area contributed by atoms with Gasteiger partial charge >= 0.3 is 0 Å². The SMILES string of the molecule is CSC(CC#N)c1cccc(C#N)c1. The Morgan fingerprint density at radius 1 is 1.43 bits per heavy atom. The molecule has 14 heavy (non-hydrogen) atoms. The highest BCUT2D eigenvalue weighted by Crippen LogP contribution is 2.29. The van der Waals surface area contributed by atoms with Crippen molar-refractivity contribution in [3.8, 4) is 12.1 Å². The van der Waals surface area contributed by atoms with Gasteiger partial charge in [0.25, 0.3) is 0 Å². The molecule has 0 saturated carbocycles. The van der Waals surface area contributed by atoms with Crippen LogP contribution in [0, 0.1) is 22.7 Å². The van der Waals surface area contributed by atoms with Crippen LogP contribution in [0.15, 0.2) is 24.3 Å². The van der Waals surface area contributed by atoms with Gasteiger partial charge in [-0.05, 0) is 24.0 Å². The molecular formula is C11H10N2S. The summed E-state index contributed by atoms with van der Waals surface area (Å²) in [6.07, 6.45) is 2.46. The van der Waals surface area contributed by atoms with E-state index in [-0.39, 0.29) is 5.25 Å². The Balaban J connectivity index is 2.94. The first-order chi connectivity index (χ1) is 6.81. The van der Waals surface area contributed by atoms with Crippen LogP contribution >= 0.6 is 11.8 Å². The standard InChI is InChI=1S/C11H10N2S/c1-14-11(5-6-12)10-4-2-3-9(7-10)8-13/h2-4,7,11H,5H2,1H3. The maximum Gasteiger partial charge on any atom is 0.0991 e. The smallest absolute Gasteiger partial charge is 0.0991 e. The predicted octanol–water partition coefficient (Wildman–Crippen LogP) is 2.88. The van der Waals surface area contributed by atoms with Crippen LogP contribution < -0.4 is 0 Å². The molecule has 0 saturated heterocycles. The van der Waals surface area contributed by atoms with E-state index in [1.54, 1.807) is 17.8 Å². The number of nitrogens with zero attached hydrogens (tertiary/aromatic N) is 2. The maximum absolute atomic E-state index is 8.72. The molecule has 0 N–H and O–H groups in total. The lowest BCUT2D eigenvalue weighted by Crippen LogP contribution is -1.92. The van der Waals surface area contributed by atoms with Crippen LogP contribution in [0.4, 0.5) is 0 Å². The minimum atomic E-state index is 0.174. The second-order valence-corrected chi connectivity index (χ2v) is 3.86. The molecule has 0 amide bonds. The summed E-state index contributed by atoms with van der Waals surface area (Å²) in [4.78, 5) is 0. The van der Waals surface area contributed by atoms with Crippen molar-refractivity contribution in [2.45, 2.75) is 11.7 Å². The highest BCUT2D eigenvalue weighted by atomic mass is 32.2. The largest absolute Gasteiger partial charge is 0.198 e. The fourth-order valence-corrected chi connectivity index (χ4v) is 1.89. The molecule has 0 fully saturated rings. The number of nitriles is 2. The third-order valence-corrected chi connectivity index (χ3v) is 2.96. The Labute approximate surface area is 88.2 Å². The highest BCUT2D eigenvalue weighted by Gasteiger charge is 2.09. The van der Waals surface area contributed by atoms with Gasteiger partial charge in [0.2, 0.25) is 0 Å². The number of rotatable bonds is 3.